The molecule has 2 atom stereocenters. The van der Waals surface area contributed by atoms with Crippen molar-refractivity contribution in [3.05, 3.63) is 0 Å². The first kappa shape index (κ1) is 23.9. The van der Waals surface area contributed by atoms with E-state index in [1.807, 2.05) is 0 Å². The summed E-state index contributed by atoms with van der Waals surface area (Å²) in [4.78, 5) is 12.3. The van der Waals surface area contributed by atoms with Crippen molar-refractivity contribution in [2.45, 2.75) is 51.6 Å². The van der Waals surface area contributed by atoms with Gasteiger partial charge in [-0.2, -0.15) is 0 Å². The van der Waals surface area contributed by atoms with Gasteiger partial charge in [0.05, 0.1) is 6.54 Å². The van der Waals surface area contributed by atoms with Crippen molar-refractivity contribution < 1.29 is 0 Å². The third kappa shape index (κ3) is 7.86. The highest BCUT2D eigenvalue weighted by Crippen LogP contribution is 2.18. The van der Waals surface area contributed by atoms with Gasteiger partial charge in [0.15, 0.2) is 5.96 Å². The Morgan fingerprint density at radius 2 is 1.85 bits per heavy atom. The number of guanidine groups is 1. The van der Waals surface area contributed by atoms with Gasteiger partial charge in [-0.3, -0.25) is 14.8 Å². The molecule has 0 spiro atoms. The van der Waals surface area contributed by atoms with Gasteiger partial charge in [-0.1, -0.05) is 13.3 Å². The van der Waals surface area contributed by atoms with Crippen molar-refractivity contribution in [3.63, 3.8) is 0 Å². The van der Waals surface area contributed by atoms with Gasteiger partial charge in [-0.25, -0.2) is 0 Å². The highest BCUT2D eigenvalue weighted by atomic mass is 127. The minimum absolute atomic E-state index is 0. The van der Waals surface area contributed by atoms with Crippen LogP contribution in [-0.4, -0.2) is 99.2 Å². The summed E-state index contributed by atoms with van der Waals surface area (Å²) >= 11 is 0. The monoisotopic (exact) mass is 480 g/mol. The number of rotatable bonds is 7. The molecule has 0 bridgehead atoms. The maximum absolute atomic E-state index is 4.85. The Bertz CT molecular complexity index is 405. The van der Waals surface area contributed by atoms with Crippen molar-refractivity contribution in [2.75, 3.05) is 66.5 Å². The first-order valence-corrected chi connectivity index (χ1v) is 10.3. The molecule has 2 rings (SSSR count). The van der Waals surface area contributed by atoms with Gasteiger partial charge in [0.1, 0.15) is 0 Å². The van der Waals surface area contributed by atoms with Gasteiger partial charge < -0.3 is 15.5 Å². The van der Waals surface area contributed by atoms with Crippen LogP contribution in [0, 0.1) is 0 Å². The lowest BCUT2D eigenvalue weighted by Crippen LogP contribution is -2.52. The van der Waals surface area contributed by atoms with Crippen LogP contribution >= 0.6 is 24.0 Å². The SMILES string of the molecule is CCNC(=NCC1CN(C)CCN1C)NCCN1CCCCC1CC.I. The summed E-state index contributed by atoms with van der Waals surface area (Å²) in [5, 5.41) is 6.94. The molecule has 2 fully saturated rings. The Morgan fingerprint density at radius 3 is 2.58 bits per heavy atom. The molecule has 0 aliphatic carbocycles. The number of nitrogens with one attached hydrogen (secondary N) is 2. The minimum atomic E-state index is 0. The molecule has 2 saturated heterocycles. The summed E-state index contributed by atoms with van der Waals surface area (Å²) < 4.78 is 0. The molecule has 0 amide bonds. The molecule has 0 aromatic rings. The van der Waals surface area contributed by atoms with E-state index in [4.69, 9.17) is 4.99 Å². The van der Waals surface area contributed by atoms with E-state index >= 15 is 0 Å². The van der Waals surface area contributed by atoms with Crippen LogP contribution in [0.15, 0.2) is 4.99 Å². The van der Waals surface area contributed by atoms with Crippen molar-refractivity contribution in [1.82, 2.24) is 25.3 Å². The number of nitrogens with zero attached hydrogens (tertiary/aromatic N) is 4. The molecule has 154 valence electrons. The third-order valence-electron chi connectivity index (χ3n) is 5.70. The quantitative estimate of drug-likeness (QED) is 0.330. The second kappa shape index (κ2) is 13.1. The first-order chi connectivity index (χ1) is 12.1. The molecule has 0 aromatic heterocycles. The zero-order valence-corrected chi connectivity index (χ0v) is 19.7. The van der Waals surface area contributed by atoms with Crippen LogP contribution in [0.1, 0.15) is 39.5 Å². The summed E-state index contributed by atoms with van der Waals surface area (Å²) in [5.74, 6) is 0.967. The summed E-state index contributed by atoms with van der Waals surface area (Å²) in [6, 6.07) is 1.29. The Labute approximate surface area is 178 Å². The van der Waals surface area contributed by atoms with Crippen LogP contribution in [0.2, 0.25) is 0 Å². The summed E-state index contributed by atoms with van der Waals surface area (Å²) in [7, 11) is 4.42. The van der Waals surface area contributed by atoms with E-state index in [1.165, 1.54) is 32.2 Å². The molecule has 0 radical (unpaired) electrons. The average Bonchev–Trinajstić information content (AvgIpc) is 2.62. The van der Waals surface area contributed by atoms with Gasteiger partial charge in [0, 0.05) is 51.4 Å². The molecule has 7 heteroatoms. The van der Waals surface area contributed by atoms with Crippen LogP contribution in [0.25, 0.3) is 0 Å². The molecule has 2 aliphatic rings. The fourth-order valence-corrected chi connectivity index (χ4v) is 3.97. The first-order valence-electron chi connectivity index (χ1n) is 10.3. The predicted octanol–water partition coefficient (Wildman–Crippen LogP) is 1.67. The van der Waals surface area contributed by atoms with Crippen LogP contribution in [-0.2, 0) is 0 Å². The molecule has 2 aliphatic heterocycles. The molecule has 2 heterocycles. The van der Waals surface area contributed by atoms with Gasteiger partial charge in [-0.15, -0.1) is 24.0 Å². The van der Waals surface area contributed by atoms with Crippen molar-refractivity contribution >= 4 is 29.9 Å². The molecule has 0 aromatic carbocycles. The smallest absolute Gasteiger partial charge is 0.191 e. The minimum Gasteiger partial charge on any atom is -0.357 e. The normalized spacial score (nSPS) is 26.4. The molecule has 26 heavy (non-hydrogen) atoms. The van der Waals surface area contributed by atoms with E-state index in [-0.39, 0.29) is 24.0 Å². The lowest BCUT2D eigenvalue weighted by molar-refractivity contribution is 0.119. The van der Waals surface area contributed by atoms with Crippen LogP contribution in [0.3, 0.4) is 0 Å². The maximum Gasteiger partial charge on any atom is 0.191 e. The summed E-state index contributed by atoms with van der Waals surface area (Å²) in [6.45, 7) is 13.0. The lowest BCUT2D eigenvalue weighted by Gasteiger charge is -2.37. The fourth-order valence-electron chi connectivity index (χ4n) is 3.97. The largest absolute Gasteiger partial charge is 0.357 e. The van der Waals surface area contributed by atoms with E-state index in [0.717, 1.165) is 57.8 Å². The Balaban J connectivity index is 0.00000338. The number of aliphatic imine (C=N–C) groups is 1. The maximum atomic E-state index is 4.85. The van der Waals surface area contributed by atoms with E-state index in [0.29, 0.717) is 6.04 Å². The molecule has 0 saturated carbocycles. The second-order valence-electron chi connectivity index (χ2n) is 7.64. The zero-order valence-electron chi connectivity index (χ0n) is 17.3. The van der Waals surface area contributed by atoms with Gasteiger partial charge in [0.2, 0.25) is 0 Å². The molecular formula is C19H41IN6. The molecule has 2 N–H and O–H groups in total. The zero-order chi connectivity index (χ0) is 18.1. The van der Waals surface area contributed by atoms with Crippen LogP contribution in [0.4, 0.5) is 0 Å². The molecular weight excluding hydrogens is 439 g/mol. The van der Waals surface area contributed by atoms with Gasteiger partial charge >= 0.3 is 0 Å². The number of halogens is 1. The topological polar surface area (TPSA) is 46.1 Å². The fraction of sp³-hybridized carbons (Fsp3) is 0.947. The van der Waals surface area contributed by atoms with E-state index in [9.17, 15) is 0 Å². The highest BCUT2D eigenvalue weighted by molar-refractivity contribution is 14.0. The molecule has 2 unspecified atom stereocenters. The van der Waals surface area contributed by atoms with Crippen molar-refractivity contribution in [2.24, 2.45) is 4.99 Å². The number of hydrogen-bond donors (Lipinski definition) is 2. The van der Waals surface area contributed by atoms with E-state index < -0.39 is 0 Å². The van der Waals surface area contributed by atoms with Crippen LogP contribution < -0.4 is 10.6 Å². The lowest BCUT2D eigenvalue weighted by atomic mass is 10.0. The Kier molecular flexibility index (Phi) is 12.1. The number of likely N-dealkylation sites (tertiary alicyclic amines) is 1. The number of piperidine rings is 1. The van der Waals surface area contributed by atoms with Gasteiger partial charge in [0.25, 0.3) is 0 Å². The van der Waals surface area contributed by atoms with Crippen molar-refractivity contribution in [1.29, 1.82) is 0 Å². The van der Waals surface area contributed by atoms with Crippen LogP contribution in [0.5, 0.6) is 0 Å². The van der Waals surface area contributed by atoms with Crippen molar-refractivity contribution in [3.8, 4) is 0 Å². The van der Waals surface area contributed by atoms with E-state index in [1.54, 1.807) is 0 Å². The van der Waals surface area contributed by atoms with Gasteiger partial charge in [-0.05, 0) is 46.8 Å². The summed E-state index contributed by atoms with van der Waals surface area (Å²) in [6.07, 6.45) is 5.39. The number of hydrogen-bond acceptors (Lipinski definition) is 4. The average molecular weight is 480 g/mol. The standard InChI is InChI=1S/C19H40N6.HI/c1-5-17-9-7-8-11-25(17)12-10-21-19(20-6-2)22-15-18-16-23(3)13-14-24(18)4;/h17-18H,5-16H2,1-4H3,(H2,20,21,22);1H. The third-order valence-corrected chi connectivity index (χ3v) is 5.70. The highest BCUT2D eigenvalue weighted by Gasteiger charge is 2.22. The number of piperazine rings is 1. The Hall–Kier alpha value is -0.120. The number of likely N-dealkylation sites (N-methyl/N-ethyl adjacent to an activating group) is 2. The van der Waals surface area contributed by atoms with E-state index in [2.05, 4.69) is 53.3 Å². The summed E-state index contributed by atoms with van der Waals surface area (Å²) in [5.41, 5.74) is 0. The predicted molar refractivity (Wildman–Crippen MR) is 123 cm³/mol. The Morgan fingerprint density at radius 1 is 1.04 bits per heavy atom. The molecule has 6 nitrogen and oxygen atoms in total. The second-order valence-corrected chi connectivity index (χ2v) is 7.64.